The van der Waals surface area contributed by atoms with Crippen LogP contribution in [0.3, 0.4) is 0 Å². The first-order valence-corrected chi connectivity index (χ1v) is 12.3. The third kappa shape index (κ3) is 5.70. The maximum Gasteiger partial charge on any atom is 0.123 e. The molecule has 0 bridgehead atoms. The number of nitrogens with zero attached hydrogens (tertiary/aromatic N) is 4. The zero-order chi connectivity index (χ0) is 23.9. The summed E-state index contributed by atoms with van der Waals surface area (Å²) in [4.78, 5) is 5.96. The molecular weight excluding hydrogens is 438 g/mol. The lowest BCUT2D eigenvalue weighted by atomic mass is 9.96. The molecule has 35 heavy (non-hydrogen) atoms. The number of rotatable bonds is 11. The lowest BCUT2D eigenvalue weighted by Gasteiger charge is -2.30. The highest BCUT2D eigenvalue weighted by atomic mass is 16.5. The minimum absolute atomic E-state index is 0.0135. The standard InChI is InChI=1S/C28H33N5O2/c1-34-16-17-35-28(22-6-3-2-4-7-22)23-11-14-32(15-12-23)13-5-8-24-19-29-27-10-9-25(18-26(24)27)33-20-30-31-21-33/h2-4,6-7,9-11,18-21,28-29H,5,8,12-17H2,1H3. The van der Waals surface area contributed by atoms with E-state index in [1.165, 1.54) is 27.6 Å². The van der Waals surface area contributed by atoms with Crippen LogP contribution in [0.5, 0.6) is 0 Å². The molecular formula is C28H33N5O2. The van der Waals surface area contributed by atoms with Gasteiger partial charge in [0.1, 0.15) is 18.8 Å². The smallest absolute Gasteiger partial charge is 0.123 e. The Morgan fingerprint density at radius 2 is 1.91 bits per heavy atom. The van der Waals surface area contributed by atoms with Crippen molar-refractivity contribution >= 4 is 10.9 Å². The largest absolute Gasteiger partial charge is 0.382 e. The molecule has 7 heteroatoms. The van der Waals surface area contributed by atoms with E-state index in [1.807, 2.05) is 4.57 Å². The van der Waals surface area contributed by atoms with E-state index in [4.69, 9.17) is 9.47 Å². The van der Waals surface area contributed by atoms with E-state index < -0.39 is 0 Å². The van der Waals surface area contributed by atoms with E-state index in [0.29, 0.717) is 13.2 Å². The molecule has 7 nitrogen and oxygen atoms in total. The van der Waals surface area contributed by atoms with E-state index in [0.717, 1.165) is 44.6 Å². The summed E-state index contributed by atoms with van der Waals surface area (Å²) in [5, 5.41) is 9.12. The van der Waals surface area contributed by atoms with Crippen LogP contribution in [-0.2, 0) is 15.9 Å². The second-order valence-electron chi connectivity index (χ2n) is 9.00. The number of fused-ring (bicyclic) bond motifs is 1. The van der Waals surface area contributed by atoms with Gasteiger partial charge in [0.05, 0.1) is 13.2 Å². The third-order valence-corrected chi connectivity index (χ3v) is 6.73. The average molecular weight is 472 g/mol. The van der Waals surface area contributed by atoms with Gasteiger partial charge in [0, 0.05) is 43.0 Å². The highest BCUT2D eigenvalue weighted by Gasteiger charge is 2.21. The van der Waals surface area contributed by atoms with Gasteiger partial charge in [-0.3, -0.25) is 9.47 Å². The number of nitrogens with one attached hydrogen (secondary N) is 1. The first-order valence-electron chi connectivity index (χ1n) is 12.3. The average Bonchev–Trinajstić information content (AvgIpc) is 3.58. The molecule has 0 saturated carbocycles. The van der Waals surface area contributed by atoms with Crippen LogP contribution in [0.25, 0.3) is 16.6 Å². The van der Waals surface area contributed by atoms with Gasteiger partial charge in [-0.15, -0.1) is 10.2 Å². The van der Waals surface area contributed by atoms with Crippen LogP contribution in [0.15, 0.2) is 79.0 Å². The zero-order valence-electron chi connectivity index (χ0n) is 20.3. The van der Waals surface area contributed by atoms with Gasteiger partial charge >= 0.3 is 0 Å². The fourth-order valence-electron chi connectivity index (χ4n) is 4.82. The quantitative estimate of drug-likeness (QED) is 0.253. The minimum Gasteiger partial charge on any atom is -0.382 e. The molecule has 1 aliphatic rings. The molecule has 1 atom stereocenters. The molecule has 0 saturated heterocycles. The van der Waals surface area contributed by atoms with E-state index >= 15 is 0 Å². The summed E-state index contributed by atoms with van der Waals surface area (Å²) in [6.45, 7) is 4.33. The highest BCUT2D eigenvalue weighted by Crippen LogP contribution is 2.30. The van der Waals surface area contributed by atoms with E-state index in [2.05, 4.69) is 80.9 Å². The third-order valence-electron chi connectivity index (χ3n) is 6.73. The second kappa shape index (κ2) is 11.4. The number of benzene rings is 2. The van der Waals surface area contributed by atoms with Gasteiger partial charge in [0.15, 0.2) is 0 Å². The van der Waals surface area contributed by atoms with Crippen LogP contribution in [-0.4, -0.2) is 64.6 Å². The molecule has 1 N–H and O–H groups in total. The topological polar surface area (TPSA) is 68.2 Å². The predicted octanol–water partition coefficient (Wildman–Crippen LogP) is 4.72. The summed E-state index contributed by atoms with van der Waals surface area (Å²) < 4.78 is 13.4. The molecule has 0 aliphatic carbocycles. The Hall–Kier alpha value is -3.26. The number of methoxy groups -OCH3 is 1. The summed E-state index contributed by atoms with van der Waals surface area (Å²) in [6.07, 6.45) is 11.2. The van der Waals surface area contributed by atoms with Crippen LogP contribution >= 0.6 is 0 Å². The van der Waals surface area contributed by atoms with Gasteiger partial charge in [-0.1, -0.05) is 36.4 Å². The molecule has 2 aromatic carbocycles. The van der Waals surface area contributed by atoms with Crippen molar-refractivity contribution in [3.63, 3.8) is 0 Å². The van der Waals surface area contributed by atoms with Crippen molar-refractivity contribution in [1.29, 1.82) is 0 Å². The van der Waals surface area contributed by atoms with Crippen molar-refractivity contribution in [2.75, 3.05) is 40.0 Å². The molecule has 1 unspecified atom stereocenters. The number of hydrogen-bond donors (Lipinski definition) is 1. The van der Waals surface area contributed by atoms with Crippen molar-refractivity contribution in [1.82, 2.24) is 24.6 Å². The lowest BCUT2D eigenvalue weighted by molar-refractivity contribution is 0.0305. The van der Waals surface area contributed by atoms with Crippen LogP contribution in [0.2, 0.25) is 0 Å². The first-order chi connectivity index (χ1) is 17.3. The maximum atomic E-state index is 6.23. The van der Waals surface area contributed by atoms with E-state index in [-0.39, 0.29) is 6.10 Å². The number of H-pyrrole nitrogens is 1. The SMILES string of the molecule is COCCOC(C1=CCN(CCCc2c[nH]c3ccc(-n4cnnc4)cc23)CC1)c1ccccc1. The number of aromatic amines is 1. The molecule has 5 rings (SSSR count). The fraction of sp³-hybridized carbons (Fsp3) is 0.357. The molecule has 0 fully saturated rings. The van der Waals surface area contributed by atoms with Gasteiger partial charge in [-0.25, -0.2) is 0 Å². The number of hydrogen-bond acceptors (Lipinski definition) is 5. The summed E-state index contributed by atoms with van der Waals surface area (Å²) in [6, 6.07) is 17.0. The van der Waals surface area contributed by atoms with Crippen LogP contribution in [0.1, 0.15) is 30.1 Å². The minimum atomic E-state index is 0.0135. The Bertz CT molecular complexity index is 1230. The molecule has 0 radical (unpaired) electrons. The van der Waals surface area contributed by atoms with Crippen molar-refractivity contribution in [2.45, 2.75) is 25.4 Å². The van der Waals surface area contributed by atoms with E-state index in [1.54, 1.807) is 19.8 Å². The Labute approximate surface area is 206 Å². The fourth-order valence-corrected chi connectivity index (χ4v) is 4.82. The Morgan fingerprint density at radius 3 is 2.69 bits per heavy atom. The van der Waals surface area contributed by atoms with Gasteiger partial charge in [-0.05, 0) is 60.7 Å². The number of aryl methyl sites for hydroxylation is 1. The Kier molecular flexibility index (Phi) is 7.68. The molecule has 4 aromatic rings. The van der Waals surface area contributed by atoms with Crippen LogP contribution in [0, 0.1) is 0 Å². The van der Waals surface area contributed by atoms with Crippen molar-refractivity contribution in [3.05, 3.63) is 90.2 Å². The summed E-state index contributed by atoms with van der Waals surface area (Å²) in [7, 11) is 1.71. The zero-order valence-corrected chi connectivity index (χ0v) is 20.3. The summed E-state index contributed by atoms with van der Waals surface area (Å²) in [5.41, 5.74) is 6.20. The van der Waals surface area contributed by atoms with Crippen molar-refractivity contribution < 1.29 is 9.47 Å². The van der Waals surface area contributed by atoms with Gasteiger partial charge < -0.3 is 14.5 Å². The second-order valence-corrected chi connectivity index (χ2v) is 9.00. The molecule has 2 aromatic heterocycles. The van der Waals surface area contributed by atoms with Crippen LogP contribution < -0.4 is 0 Å². The summed E-state index contributed by atoms with van der Waals surface area (Å²) in [5.74, 6) is 0. The number of aromatic nitrogens is 4. The monoisotopic (exact) mass is 471 g/mol. The van der Waals surface area contributed by atoms with Crippen molar-refractivity contribution in [2.24, 2.45) is 0 Å². The van der Waals surface area contributed by atoms with Crippen LogP contribution in [0.4, 0.5) is 0 Å². The lowest BCUT2D eigenvalue weighted by Crippen LogP contribution is -2.31. The molecule has 182 valence electrons. The normalized spacial score (nSPS) is 15.4. The molecule has 0 amide bonds. The predicted molar refractivity (Wildman–Crippen MR) is 138 cm³/mol. The number of ether oxygens (including phenoxy) is 2. The Balaban J connectivity index is 1.18. The molecule has 0 spiro atoms. The molecule has 1 aliphatic heterocycles. The van der Waals surface area contributed by atoms with E-state index in [9.17, 15) is 0 Å². The molecule has 3 heterocycles. The Morgan fingerprint density at radius 1 is 1.06 bits per heavy atom. The van der Waals surface area contributed by atoms with Crippen molar-refractivity contribution in [3.8, 4) is 5.69 Å². The van der Waals surface area contributed by atoms with Gasteiger partial charge in [-0.2, -0.15) is 0 Å². The maximum absolute atomic E-state index is 6.23. The van der Waals surface area contributed by atoms with Gasteiger partial charge in [0.2, 0.25) is 0 Å². The summed E-state index contributed by atoms with van der Waals surface area (Å²) >= 11 is 0. The highest BCUT2D eigenvalue weighted by molar-refractivity contribution is 5.85. The van der Waals surface area contributed by atoms with Gasteiger partial charge in [0.25, 0.3) is 0 Å². The first kappa shape index (κ1) is 23.5.